The maximum absolute atomic E-state index is 13.5. The maximum Gasteiger partial charge on any atom is 0.328 e. The van der Waals surface area contributed by atoms with Crippen LogP contribution in [0.1, 0.15) is 18.1 Å². The van der Waals surface area contributed by atoms with Crippen molar-refractivity contribution in [3.8, 4) is 0 Å². The summed E-state index contributed by atoms with van der Waals surface area (Å²) in [4.78, 5) is 25.1. The highest BCUT2D eigenvalue weighted by atomic mass is 19.1. The fraction of sp³-hybridized carbons (Fsp3) is 0.231. The summed E-state index contributed by atoms with van der Waals surface area (Å²) < 4.78 is 28.1. The Morgan fingerprint density at radius 3 is 2.42 bits per heavy atom. The predicted octanol–water partition coefficient (Wildman–Crippen LogP) is 1.43. The first-order chi connectivity index (χ1) is 9.02. The van der Waals surface area contributed by atoms with Crippen LogP contribution in [0.15, 0.2) is 34.0 Å². The number of nitrogens with zero attached hydrogens (tertiary/aromatic N) is 1. The summed E-state index contributed by atoms with van der Waals surface area (Å²) in [5, 5.41) is 0. The first kappa shape index (κ1) is 13.2. The second-order valence-corrected chi connectivity index (χ2v) is 4.10. The highest BCUT2D eigenvalue weighted by molar-refractivity contribution is 5.20. The number of aromatic amines is 1. The number of hydrogen-bond acceptors (Lipinski definition) is 2. The maximum atomic E-state index is 13.5. The topological polar surface area (TPSA) is 54.9 Å². The summed E-state index contributed by atoms with van der Waals surface area (Å²) in [6.07, 6.45) is 1.75. The molecule has 1 heterocycles. The van der Waals surface area contributed by atoms with E-state index >= 15 is 0 Å². The van der Waals surface area contributed by atoms with Crippen LogP contribution in [0, 0.1) is 11.6 Å². The SMILES string of the molecule is CCc1cn(Cc2c(F)cccc2F)c(=O)[nH]c1=O. The number of hydrogen-bond donors (Lipinski definition) is 1. The van der Waals surface area contributed by atoms with Crippen LogP contribution in [-0.2, 0) is 13.0 Å². The zero-order valence-electron chi connectivity index (χ0n) is 10.2. The molecule has 19 heavy (non-hydrogen) atoms. The summed E-state index contributed by atoms with van der Waals surface area (Å²) in [7, 11) is 0. The largest absolute Gasteiger partial charge is 0.328 e. The molecule has 4 nitrogen and oxygen atoms in total. The number of benzene rings is 1. The molecule has 0 aliphatic carbocycles. The van der Waals surface area contributed by atoms with Gasteiger partial charge in [-0.25, -0.2) is 13.6 Å². The molecule has 0 aliphatic rings. The van der Waals surface area contributed by atoms with Crippen molar-refractivity contribution in [3.05, 3.63) is 68.0 Å². The Kier molecular flexibility index (Phi) is 3.59. The number of nitrogens with one attached hydrogen (secondary N) is 1. The molecule has 100 valence electrons. The van der Waals surface area contributed by atoms with Gasteiger partial charge in [0.05, 0.1) is 6.54 Å². The van der Waals surface area contributed by atoms with E-state index < -0.39 is 22.9 Å². The molecule has 1 aromatic carbocycles. The molecule has 0 saturated heterocycles. The molecule has 0 aliphatic heterocycles. The molecule has 1 aromatic heterocycles. The van der Waals surface area contributed by atoms with E-state index in [0.717, 1.165) is 16.7 Å². The van der Waals surface area contributed by atoms with Crippen LogP contribution in [-0.4, -0.2) is 9.55 Å². The van der Waals surface area contributed by atoms with Gasteiger partial charge in [0, 0.05) is 17.3 Å². The van der Waals surface area contributed by atoms with Crippen LogP contribution >= 0.6 is 0 Å². The van der Waals surface area contributed by atoms with Crippen molar-refractivity contribution in [1.82, 2.24) is 9.55 Å². The monoisotopic (exact) mass is 266 g/mol. The number of rotatable bonds is 3. The molecule has 0 unspecified atom stereocenters. The fourth-order valence-electron chi connectivity index (χ4n) is 1.78. The average Bonchev–Trinajstić information content (AvgIpc) is 2.36. The third-order valence-electron chi connectivity index (χ3n) is 2.86. The molecular formula is C13H12F2N2O2. The van der Waals surface area contributed by atoms with Crippen molar-refractivity contribution in [2.45, 2.75) is 19.9 Å². The molecule has 1 N–H and O–H groups in total. The van der Waals surface area contributed by atoms with Gasteiger partial charge in [0.25, 0.3) is 5.56 Å². The molecule has 0 amide bonds. The summed E-state index contributed by atoms with van der Waals surface area (Å²) in [5.74, 6) is -1.45. The van der Waals surface area contributed by atoms with Gasteiger partial charge in [0.1, 0.15) is 11.6 Å². The minimum atomic E-state index is -0.726. The summed E-state index contributed by atoms with van der Waals surface area (Å²) in [5.41, 5.74) is -0.988. The molecule has 0 fully saturated rings. The smallest absolute Gasteiger partial charge is 0.296 e. The van der Waals surface area contributed by atoms with Crippen molar-refractivity contribution in [3.63, 3.8) is 0 Å². The Hall–Kier alpha value is -2.24. The van der Waals surface area contributed by atoms with Crippen molar-refractivity contribution < 1.29 is 8.78 Å². The number of H-pyrrole nitrogens is 1. The average molecular weight is 266 g/mol. The number of aryl methyl sites for hydroxylation is 1. The summed E-state index contributed by atoms with van der Waals surface area (Å²) in [6.45, 7) is 1.49. The Labute approximate surface area is 107 Å². The van der Waals surface area contributed by atoms with Gasteiger partial charge >= 0.3 is 5.69 Å². The van der Waals surface area contributed by atoms with Crippen LogP contribution in [0.3, 0.4) is 0 Å². The number of aromatic nitrogens is 2. The second kappa shape index (κ2) is 5.17. The Balaban J connectivity index is 2.50. The molecule has 0 spiro atoms. The second-order valence-electron chi connectivity index (χ2n) is 4.10. The van der Waals surface area contributed by atoms with Crippen LogP contribution in [0.4, 0.5) is 8.78 Å². The summed E-state index contributed by atoms with van der Waals surface area (Å²) >= 11 is 0. The van der Waals surface area contributed by atoms with E-state index in [-0.39, 0.29) is 12.1 Å². The van der Waals surface area contributed by atoms with Gasteiger partial charge in [-0.15, -0.1) is 0 Å². The zero-order valence-corrected chi connectivity index (χ0v) is 10.2. The van der Waals surface area contributed by atoms with Gasteiger partial charge in [-0.3, -0.25) is 14.3 Å². The van der Waals surface area contributed by atoms with Crippen molar-refractivity contribution in [2.24, 2.45) is 0 Å². The molecule has 0 saturated carbocycles. The highest BCUT2D eigenvalue weighted by Crippen LogP contribution is 2.12. The third-order valence-corrected chi connectivity index (χ3v) is 2.86. The van der Waals surface area contributed by atoms with E-state index in [1.165, 1.54) is 12.3 Å². The quantitative estimate of drug-likeness (QED) is 0.913. The van der Waals surface area contributed by atoms with Crippen LogP contribution < -0.4 is 11.2 Å². The van der Waals surface area contributed by atoms with Gasteiger partial charge in [0.15, 0.2) is 0 Å². The van der Waals surface area contributed by atoms with Crippen molar-refractivity contribution in [1.29, 1.82) is 0 Å². The lowest BCUT2D eigenvalue weighted by Crippen LogP contribution is -2.32. The predicted molar refractivity (Wildman–Crippen MR) is 66.2 cm³/mol. The van der Waals surface area contributed by atoms with Crippen LogP contribution in [0.25, 0.3) is 0 Å². The van der Waals surface area contributed by atoms with E-state index in [0.29, 0.717) is 12.0 Å². The minimum absolute atomic E-state index is 0.210. The lowest BCUT2D eigenvalue weighted by molar-refractivity contribution is 0.538. The Morgan fingerprint density at radius 1 is 1.21 bits per heavy atom. The van der Waals surface area contributed by atoms with Crippen molar-refractivity contribution >= 4 is 0 Å². The lowest BCUT2D eigenvalue weighted by atomic mass is 10.2. The Bertz CT molecular complexity index is 699. The highest BCUT2D eigenvalue weighted by Gasteiger charge is 2.11. The minimum Gasteiger partial charge on any atom is -0.296 e. The van der Waals surface area contributed by atoms with E-state index in [4.69, 9.17) is 0 Å². The van der Waals surface area contributed by atoms with Crippen LogP contribution in [0.2, 0.25) is 0 Å². The van der Waals surface area contributed by atoms with Gasteiger partial charge in [0.2, 0.25) is 0 Å². The van der Waals surface area contributed by atoms with Gasteiger partial charge in [-0.1, -0.05) is 13.0 Å². The van der Waals surface area contributed by atoms with E-state index in [2.05, 4.69) is 4.98 Å². The molecule has 2 aromatic rings. The number of halogens is 2. The van der Waals surface area contributed by atoms with Crippen molar-refractivity contribution in [2.75, 3.05) is 0 Å². The third kappa shape index (κ3) is 2.62. The van der Waals surface area contributed by atoms with Crippen LogP contribution in [0.5, 0.6) is 0 Å². The van der Waals surface area contributed by atoms with Gasteiger partial charge in [-0.2, -0.15) is 0 Å². The molecular weight excluding hydrogens is 254 g/mol. The van der Waals surface area contributed by atoms with E-state index in [1.807, 2.05) is 0 Å². The first-order valence-electron chi connectivity index (χ1n) is 5.78. The molecule has 0 bridgehead atoms. The molecule has 0 radical (unpaired) electrons. The van der Waals surface area contributed by atoms with Gasteiger partial charge in [-0.05, 0) is 18.6 Å². The molecule has 2 rings (SSSR count). The Morgan fingerprint density at radius 2 is 1.84 bits per heavy atom. The zero-order chi connectivity index (χ0) is 14.0. The first-order valence-corrected chi connectivity index (χ1v) is 5.78. The molecule has 0 atom stereocenters. The lowest BCUT2D eigenvalue weighted by Gasteiger charge is -2.08. The standard InChI is InChI=1S/C13H12F2N2O2/c1-2-8-6-17(13(19)16-12(8)18)7-9-10(14)4-3-5-11(9)15/h3-6H,2,7H2,1H3,(H,16,18,19). The fourth-order valence-corrected chi connectivity index (χ4v) is 1.78. The molecule has 6 heteroatoms. The van der Waals surface area contributed by atoms with E-state index in [1.54, 1.807) is 6.92 Å². The van der Waals surface area contributed by atoms with Gasteiger partial charge < -0.3 is 0 Å². The normalized spacial score (nSPS) is 10.7. The van der Waals surface area contributed by atoms with E-state index in [9.17, 15) is 18.4 Å². The summed E-state index contributed by atoms with van der Waals surface area (Å²) in [6, 6.07) is 3.49.